The summed E-state index contributed by atoms with van der Waals surface area (Å²) in [5.74, 6) is -1.65. The summed E-state index contributed by atoms with van der Waals surface area (Å²) >= 11 is 0. The molecule has 1 aliphatic heterocycles. The van der Waals surface area contributed by atoms with Crippen LogP contribution < -0.4 is 10.6 Å². The van der Waals surface area contributed by atoms with Crippen LogP contribution in [0, 0.1) is 0 Å². The van der Waals surface area contributed by atoms with Gasteiger partial charge in [0, 0.05) is 38.1 Å². The van der Waals surface area contributed by atoms with Gasteiger partial charge in [0.25, 0.3) is 11.8 Å². The van der Waals surface area contributed by atoms with Crippen molar-refractivity contribution in [3.05, 3.63) is 12.2 Å². The van der Waals surface area contributed by atoms with Crippen molar-refractivity contribution in [1.29, 1.82) is 0 Å². The van der Waals surface area contributed by atoms with E-state index in [-0.39, 0.29) is 62.6 Å². The van der Waals surface area contributed by atoms with E-state index < -0.39 is 11.6 Å². The number of esters is 1. The first kappa shape index (κ1) is 33.3. The first-order valence-corrected chi connectivity index (χ1v) is 12.6. The number of nitrogens with zero attached hydrogens (tertiary/aromatic N) is 1. The van der Waals surface area contributed by atoms with Gasteiger partial charge in [-0.1, -0.05) is 0 Å². The van der Waals surface area contributed by atoms with Gasteiger partial charge >= 0.3 is 5.97 Å². The largest absolute Gasteiger partial charge is 0.459 e. The van der Waals surface area contributed by atoms with Crippen LogP contribution in [0.3, 0.4) is 0 Å². The maximum absolute atomic E-state index is 11.8. The van der Waals surface area contributed by atoms with Crippen molar-refractivity contribution in [2.45, 2.75) is 39.2 Å². The number of hydrogen-bond acceptors (Lipinski definition) is 11. The second-order valence-corrected chi connectivity index (χ2v) is 9.19. The number of Topliss-reactive ketones (excluding diaryl/α,β-unsaturated/α-hetero) is 1. The van der Waals surface area contributed by atoms with E-state index >= 15 is 0 Å². The number of imide groups is 1. The van der Waals surface area contributed by atoms with Crippen LogP contribution in [0.15, 0.2) is 12.2 Å². The molecule has 0 aliphatic carbocycles. The number of amides is 3. The molecule has 0 aromatic rings. The van der Waals surface area contributed by atoms with Crippen LogP contribution in [-0.2, 0) is 47.7 Å². The van der Waals surface area contributed by atoms with Gasteiger partial charge in [0.05, 0.1) is 59.4 Å². The summed E-state index contributed by atoms with van der Waals surface area (Å²) in [6.45, 7) is 8.77. The summed E-state index contributed by atoms with van der Waals surface area (Å²) in [6.07, 6.45) is 2.64. The first-order valence-electron chi connectivity index (χ1n) is 12.6. The standard InChI is InChI=1S/C25H41N3O10/c1-25(2,3)38-24(33)19-27-21(30)7-10-34-12-14-36-16-17-37-15-13-35-11-8-26-18-20(29)6-9-28-22(31)4-5-23(28)32/h4-5,26H,6-19H2,1-3H3,(H,27,30). The third-order valence-electron chi connectivity index (χ3n) is 4.70. The average molecular weight is 544 g/mol. The molecule has 0 atom stereocenters. The van der Waals surface area contributed by atoms with Crippen LogP contribution in [0.2, 0.25) is 0 Å². The molecule has 1 aliphatic rings. The van der Waals surface area contributed by atoms with E-state index in [2.05, 4.69) is 10.6 Å². The van der Waals surface area contributed by atoms with Gasteiger partial charge in [0.1, 0.15) is 17.9 Å². The molecule has 0 bridgehead atoms. The number of carbonyl (C=O) groups is 5. The summed E-state index contributed by atoms with van der Waals surface area (Å²) < 4.78 is 26.6. The third-order valence-corrected chi connectivity index (χ3v) is 4.70. The molecule has 0 radical (unpaired) electrons. The van der Waals surface area contributed by atoms with Gasteiger partial charge in [-0.15, -0.1) is 0 Å². The first-order chi connectivity index (χ1) is 18.1. The summed E-state index contributed by atoms with van der Waals surface area (Å²) in [4.78, 5) is 58.9. The second kappa shape index (κ2) is 19.4. The number of rotatable bonds is 22. The molecule has 0 aromatic carbocycles. The Morgan fingerprint density at radius 1 is 0.763 bits per heavy atom. The lowest BCUT2D eigenvalue weighted by molar-refractivity contribution is -0.154. The summed E-state index contributed by atoms with van der Waals surface area (Å²) in [7, 11) is 0. The lowest BCUT2D eigenvalue weighted by atomic mass is 10.2. The molecule has 1 rings (SSSR count). The van der Waals surface area contributed by atoms with E-state index in [9.17, 15) is 24.0 Å². The van der Waals surface area contributed by atoms with Gasteiger partial charge in [-0.05, 0) is 20.8 Å². The molecule has 0 saturated carbocycles. The van der Waals surface area contributed by atoms with E-state index in [1.807, 2.05) is 0 Å². The molecular weight excluding hydrogens is 502 g/mol. The van der Waals surface area contributed by atoms with Crippen molar-refractivity contribution in [2.75, 3.05) is 79.0 Å². The average Bonchev–Trinajstić information content (AvgIpc) is 3.16. The molecule has 1 heterocycles. The minimum Gasteiger partial charge on any atom is -0.459 e. The van der Waals surface area contributed by atoms with Gasteiger partial charge in [-0.3, -0.25) is 28.9 Å². The maximum Gasteiger partial charge on any atom is 0.325 e. The molecule has 0 spiro atoms. The Kier molecular flexibility index (Phi) is 17.0. The molecule has 13 nitrogen and oxygen atoms in total. The van der Waals surface area contributed by atoms with Crippen molar-refractivity contribution < 1.29 is 47.7 Å². The minimum atomic E-state index is -0.589. The maximum atomic E-state index is 11.8. The molecule has 3 amide bonds. The predicted octanol–water partition coefficient (Wildman–Crippen LogP) is -0.625. The van der Waals surface area contributed by atoms with Crippen LogP contribution in [0.1, 0.15) is 33.6 Å². The summed E-state index contributed by atoms with van der Waals surface area (Å²) in [5.41, 5.74) is -0.589. The van der Waals surface area contributed by atoms with Gasteiger partial charge in [0.2, 0.25) is 5.91 Å². The zero-order valence-electron chi connectivity index (χ0n) is 22.6. The van der Waals surface area contributed by atoms with Gasteiger partial charge < -0.3 is 34.3 Å². The molecule has 0 fully saturated rings. The van der Waals surface area contributed by atoms with Crippen LogP contribution in [0.4, 0.5) is 0 Å². The topological polar surface area (TPSA) is 159 Å². The molecule has 216 valence electrons. The molecule has 0 saturated heterocycles. The van der Waals surface area contributed by atoms with Crippen LogP contribution in [0.25, 0.3) is 0 Å². The summed E-state index contributed by atoms with van der Waals surface area (Å²) in [6, 6.07) is 0. The van der Waals surface area contributed by atoms with Gasteiger partial charge in [-0.2, -0.15) is 0 Å². The highest BCUT2D eigenvalue weighted by atomic mass is 16.6. The molecule has 0 unspecified atom stereocenters. The van der Waals surface area contributed by atoms with Crippen molar-refractivity contribution in [3.63, 3.8) is 0 Å². The molecule has 0 aromatic heterocycles. The highest BCUT2D eigenvalue weighted by Gasteiger charge is 2.23. The number of nitrogens with one attached hydrogen (secondary N) is 2. The van der Waals surface area contributed by atoms with Crippen molar-refractivity contribution in [3.8, 4) is 0 Å². The highest BCUT2D eigenvalue weighted by Crippen LogP contribution is 2.06. The summed E-state index contributed by atoms with van der Waals surface area (Å²) in [5, 5.41) is 5.44. The zero-order chi connectivity index (χ0) is 28.2. The van der Waals surface area contributed by atoms with Crippen LogP contribution in [-0.4, -0.2) is 119 Å². The lowest BCUT2D eigenvalue weighted by Gasteiger charge is -2.19. The Morgan fingerprint density at radius 2 is 1.29 bits per heavy atom. The number of ketones is 1. The predicted molar refractivity (Wildman–Crippen MR) is 135 cm³/mol. The Labute approximate surface area is 223 Å². The second-order valence-electron chi connectivity index (χ2n) is 9.19. The molecular formula is C25H41N3O10. The quantitative estimate of drug-likeness (QED) is 0.102. The fraction of sp³-hybridized carbons (Fsp3) is 0.720. The van der Waals surface area contributed by atoms with E-state index in [1.54, 1.807) is 20.8 Å². The van der Waals surface area contributed by atoms with E-state index in [0.717, 1.165) is 4.90 Å². The minimum absolute atomic E-state index is 0.0905. The Balaban J connectivity index is 1.79. The van der Waals surface area contributed by atoms with Gasteiger partial charge in [0.15, 0.2) is 0 Å². The normalized spacial score (nSPS) is 13.3. The Morgan fingerprint density at radius 3 is 1.84 bits per heavy atom. The van der Waals surface area contributed by atoms with E-state index in [1.165, 1.54) is 12.2 Å². The van der Waals surface area contributed by atoms with Gasteiger partial charge in [-0.25, -0.2) is 0 Å². The zero-order valence-corrected chi connectivity index (χ0v) is 22.6. The van der Waals surface area contributed by atoms with E-state index in [4.69, 9.17) is 23.7 Å². The fourth-order valence-corrected chi connectivity index (χ4v) is 2.91. The highest BCUT2D eigenvalue weighted by molar-refractivity contribution is 6.13. The van der Waals surface area contributed by atoms with Crippen molar-refractivity contribution in [1.82, 2.24) is 15.5 Å². The monoisotopic (exact) mass is 543 g/mol. The fourth-order valence-electron chi connectivity index (χ4n) is 2.91. The molecule has 2 N–H and O–H groups in total. The number of carbonyl (C=O) groups excluding carboxylic acids is 5. The van der Waals surface area contributed by atoms with Crippen LogP contribution in [0.5, 0.6) is 0 Å². The third kappa shape index (κ3) is 17.7. The lowest BCUT2D eigenvalue weighted by Crippen LogP contribution is -2.35. The Hall–Kier alpha value is -2.71. The van der Waals surface area contributed by atoms with E-state index in [0.29, 0.717) is 52.8 Å². The van der Waals surface area contributed by atoms with Crippen molar-refractivity contribution in [2.24, 2.45) is 0 Å². The number of hydrogen-bond donors (Lipinski definition) is 2. The molecule has 13 heteroatoms. The SMILES string of the molecule is CC(C)(C)OC(=O)CNC(=O)CCOCCOCCOCCOCCNCC(=O)CCN1C(=O)C=CC1=O. The Bertz CT molecular complexity index is 777. The molecule has 38 heavy (non-hydrogen) atoms. The smallest absolute Gasteiger partial charge is 0.325 e. The van der Waals surface area contributed by atoms with Crippen molar-refractivity contribution >= 4 is 29.5 Å². The van der Waals surface area contributed by atoms with Crippen LogP contribution >= 0.6 is 0 Å². The number of ether oxygens (including phenoxy) is 5.